The van der Waals surface area contributed by atoms with Gasteiger partial charge in [-0.2, -0.15) is 9.61 Å². The fraction of sp³-hybridized carbons (Fsp3) is 0.286. The number of anilines is 3. The minimum atomic E-state index is -0.589. The third-order valence-electron chi connectivity index (χ3n) is 8.21. The van der Waals surface area contributed by atoms with Crippen molar-refractivity contribution in [3.05, 3.63) is 103 Å². The number of aromatic nitrogens is 4. The highest BCUT2D eigenvalue weighted by Crippen LogP contribution is 2.32. The number of hydrogen-bond donors (Lipinski definition) is 4. The Hall–Kier alpha value is -4.76. The van der Waals surface area contributed by atoms with Crippen LogP contribution in [0.5, 0.6) is 0 Å². The summed E-state index contributed by atoms with van der Waals surface area (Å²) in [7, 11) is 0. The van der Waals surface area contributed by atoms with E-state index in [0.717, 1.165) is 75.8 Å². The van der Waals surface area contributed by atoms with E-state index >= 15 is 0 Å². The van der Waals surface area contributed by atoms with Gasteiger partial charge in [-0.1, -0.05) is 57.3 Å². The predicted molar refractivity (Wildman–Crippen MR) is 179 cm³/mol. The van der Waals surface area contributed by atoms with Crippen LogP contribution in [0, 0.1) is 5.92 Å². The van der Waals surface area contributed by atoms with Crippen LogP contribution < -0.4 is 21.3 Å². The van der Waals surface area contributed by atoms with Crippen molar-refractivity contribution in [2.75, 3.05) is 35.6 Å². The first-order valence-corrected chi connectivity index (χ1v) is 15.2. The molecule has 0 amide bonds. The second kappa shape index (κ2) is 12.9. The van der Waals surface area contributed by atoms with Crippen molar-refractivity contribution in [2.24, 2.45) is 5.92 Å². The van der Waals surface area contributed by atoms with Gasteiger partial charge in [-0.15, -0.1) is 0 Å². The average molecular weight is 591 g/mol. The lowest BCUT2D eigenvalue weighted by molar-refractivity contribution is 0.392. The normalized spacial score (nSPS) is 15.0. The second-order valence-electron chi connectivity index (χ2n) is 11.7. The fourth-order valence-corrected chi connectivity index (χ4v) is 5.75. The molecular formula is C35H39FN8. The predicted octanol–water partition coefficient (Wildman–Crippen LogP) is 7.50. The molecule has 2 aromatic carbocycles. The Labute approximate surface area is 257 Å². The van der Waals surface area contributed by atoms with Crippen LogP contribution in [-0.2, 0) is 6.54 Å². The molecule has 4 heterocycles. The van der Waals surface area contributed by atoms with Crippen LogP contribution in [0.2, 0.25) is 0 Å². The number of fused-ring (bicyclic) bond motifs is 2. The zero-order chi connectivity index (χ0) is 30.6. The first-order chi connectivity index (χ1) is 21.4. The summed E-state index contributed by atoms with van der Waals surface area (Å²) in [5.74, 6) is 2.01. The summed E-state index contributed by atoms with van der Waals surface area (Å²) in [6, 6.07) is 18.2. The topological polar surface area (TPSA) is 91.2 Å². The summed E-state index contributed by atoms with van der Waals surface area (Å²) in [4.78, 5) is 9.76. The molecule has 9 heteroatoms. The lowest BCUT2D eigenvalue weighted by Gasteiger charge is -2.23. The van der Waals surface area contributed by atoms with E-state index in [1.165, 1.54) is 12.8 Å². The smallest absolute Gasteiger partial charge is 0.163 e. The van der Waals surface area contributed by atoms with Gasteiger partial charge >= 0.3 is 0 Å². The first-order valence-electron chi connectivity index (χ1n) is 15.2. The Kier molecular flexibility index (Phi) is 8.56. The number of rotatable bonds is 11. The minimum Gasteiger partial charge on any atom is -0.370 e. The third kappa shape index (κ3) is 6.28. The number of allylic oxidation sites excluding steroid dienone is 1. The molecule has 1 fully saturated rings. The van der Waals surface area contributed by atoms with E-state index in [1.807, 2.05) is 53.2 Å². The largest absolute Gasteiger partial charge is 0.370 e. The van der Waals surface area contributed by atoms with Crippen LogP contribution in [0.4, 0.5) is 21.7 Å². The lowest BCUT2D eigenvalue weighted by Crippen LogP contribution is -2.33. The van der Waals surface area contributed by atoms with Crippen LogP contribution in [0.3, 0.4) is 0 Å². The van der Waals surface area contributed by atoms with Crippen molar-refractivity contribution in [1.29, 1.82) is 0 Å². The molecule has 226 valence electrons. The van der Waals surface area contributed by atoms with Gasteiger partial charge in [0.15, 0.2) is 5.65 Å². The highest BCUT2D eigenvalue weighted by Gasteiger charge is 2.17. The highest BCUT2D eigenvalue weighted by molar-refractivity contribution is 5.97. The number of nitrogens with one attached hydrogen (secondary N) is 4. The molecule has 0 aliphatic carbocycles. The summed E-state index contributed by atoms with van der Waals surface area (Å²) in [6.45, 7) is 14.9. The van der Waals surface area contributed by atoms with E-state index in [-0.39, 0.29) is 5.70 Å². The van der Waals surface area contributed by atoms with Crippen LogP contribution in [0.1, 0.15) is 43.7 Å². The van der Waals surface area contributed by atoms with Crippen LogP contribution >= 0.6 is 0 Å². The van der Waals surface area contributed by atoms with Crippen molar-refractivity contribution in [2.45, 2.75) is 39.2 Å². The fourth-order valence-electron chi connectivity index (χ4n) is 5.75. The van der Waals surface area contributed by atoms with Gasteiger partial charge in [-0.3, -0.25) is 4.98 Å². The first kappa shape index (κ1) is 29.3. The number of pyridine rings is 1. The van der Waals surface area contributed by atoms with Crippen molar-refractivity contribution < 1.29 is 4.39 Å². The Morgan fingerprint density at radius 2 is 1.98 bits per heavy atom. The molecule has 1 aliphatic rings. The van der Waals surface area contributed by atoms with Crippen molar-refractivity contribution in [1.82, 2.24) is 24.9 Å². The average Bonchev–Trinajstić information content (AvgIpc) is 3.47. The monoisotopic (exact) mass is 590 g/mol. The number of benzene rings is 2. The van der Waals surface area contributed by atoms with Crippen molar-refractivity contribution in [3.63, 3.8) is 0 Å². The van der Waals surface area contributed by atoms with E-state index < -0.39 is 5.83 Å². The van der Waals surface area contributed by atoms with E-state index in [1.54, 1.807) is 6.20 Å². The zero-order valence-corrected chi connectivity index (χ0v) is 25.3. The molecule has 4 N–H and O–H groups in total. The maximum atomic E-state index is 13.5. The number of nitrogens with zero attached hydrogens (tertiary/aromatic N) is 4. The molecule has 0 spiro atoms. The SMILES string of the molecule is C=C(F)C(=C)Nc1ccc2c(-c3ccccc3CNc3cc(NCC4CCCNC4)nc4c(C(C)C)cnn34)nccc2c1. The molecule has 6 rings (SSSR count). The summed E-state index contributed by atoms with van der Waals surface area (Å²) < 4.78 is 15.4. The molecule has 3 aromatic heterocycles. The van der Waals surface area contributed by atoms with Crippen molar-refractivity contribution >= 4 is 33.7 Å². The van der Waals surface area contributed by atoms with Gasteiger partial charge in [0.05, 0.1) is 17.6 Å². The molecular weight excluding hydrogens is 551 g/mol. The quantitative estimate of drug-likeness (QED) is 0.118. The van der Waals surface area contributed by atoms with E-state index in [9.17, 15) is 4.39 Å². The molecule has 0 bridgehead atoms. The van der Waals surface area contributed by atoms with E-state index in [4.69, 9.17) is 15.1 Å². The molecule has 1 atom stereocenters. The Balaban J connectivity index is 1.29. The summed E-state index contributed by atoms with van der Waals surface area (Å²) >= 11 is 0. The van der Waals surface area contributed by atoms with Crippen LogP contribution in [-0.4, -0.2) is 39.2 Å². The standard InChI is InChI=1S/C35H39FN8/c1-22(2)31-21-41-44-33(17-32(43-35(31)44)39-19-25-8-7-14-37-18-25)40-20-27-9-5-6-10-29(27)34-30-12-11-28(42-24(4)23(3)36)16-26(30)13-15-38-34/h5-6,9-13,15-17,21-22,25,37,40,42H,3-4,7-8,14,18-20H2,1-2H3,(H,39,43). The van der Waals surface area contributed by atoms with Crippen LogP contribution in [0.15, 0.2) is 91.7 Å². The summed E-state index contributed by atoms with van der Waals surface area (Å²) in [5.41, 5.74) is 5.86. The summed E-state index contributed by atoms with van der Waals surface area (Å²) in [5, 5.41) is 20.4. The van der Waals surface area contributed by atoms with Gasteiger partial charge in [0.2, 0.25) is 0 Å². The van der Waals surface area contributed by atoms with Gasteiger partial charge in [0.1, 0.15) is 17.5 Å². The Morgan fingerprint density at radius 3 is 2.77 bits per heavy atom. The Bertz CT molecular complexity index is 1820. The second-order valence-corrected chi connectivity index (χ2v) is 11.7. The van der Waals surface area contributed by atoms with Gasteiger partial charge in [-0.05, 0) is 66.9 Å². The maximum Gasteiger partial charge on any atom is 0.163 e. The molecule has 1 unspecified atom stereocenters. The molecule has 44 heavy (non-hydrogen) atoms. The van der Waals surface area contributed by atoms with E-state index in [0.29, 0.717) is 18.4 Å². The highest BCUT2D eigenvalue weighted by atomic mass is 19.1. The molecule has 1 aliphatic heterocycles. The zero-order valence-electron chi connectivity index (χ0n) is 25.3. The Morgan fingerprint density at radius 1 is 1.11 bits per heavy atom. The van der Waals surface area contributed by atoms with Crippen LogP contribution in [0.25, 0.3) is 27.7 Å². The molecule has 1 saturated heterocycles. The van der Waals surface area contributed by atoms with Gasteiger partial charge in [0, 0.05) is 47.6 Å². The van der Waals surface area contributed by atoms with Gasteiger partial charge < -0.3 is 21.3 Å². The minimum absolute atomic E-state index is 0.141. The lowest BCUT2D eigenvalue weighted by atomic mass is 9.99. The summed E-state index contributed by atoms with van der Waals surface area (Å²) in [6.07, 6.45) is 6.15. The third-order valence-corrected chi connectivity index (χ3v) is 8.21. The maximum absolute atomic E-state index is 13.5. The number of hydrogen-bond acceptors (Lipinski definition) is 7. The number of piperidine rings is 1. The number of halogens is 1. The van der Waals surface area contributed by atoms with E-state index in [2.05, 4.69) is 60.4 Å². The molecule has 0 saturated carbocycles. The van der Waals surface area contributed by atoms with Gasteiger partial charge in [-0.25, -0.2) is 9.37 Å². The molecule has 8 nitrogen and oxygen atoms in total. The van der Waals surface area contributed by atoms with Gasteiger partial charge in [0.25, 0.3) is 0 Å². The molecule has 5 aromatic rings. The molecule has 0 radical (unpaired) electrons. The van der Waals surface area contributed by atoms with Crippen molar-refractivity contribution in [3.8, 4) is 11.3 Å².